The van der Waals surface area contributed by atoms with Crippen molar-refractivity contribution >= 4 is 8.32 Å². The molecule has 0 aliphatic heterocycles. The highest BCUT2D eigenvalue weighted by Gasteiger charge is 2.52. The van der Waals surface area contributed by atoms with Gasteiger partial charge in [0.05, 0.1) is 0 Å². The number of rotatable bonds is 2. The minimum absolute atomic E-state index is 0.0215. The van der Waals surface area contributed by atoms with E-state index in [1.54, 1.807) is 0 Å². The fourth-order valence-electron chi connectivity index (χ4n) is 2.79. The Morgan fingerprint density at radius 2 is 1.84 bits per heavy atom. The largest absolute Gasteiger partial charge is 0.542 e. The lowest BCUT2D eigenvalue weighted by atomic mass is 9.86. The monoisotopic (exact) mass is 288 g/mol. The maximum absolute atomic E-state index is 14.3. The summed E-state index contributed by atoms with van der Waals surface area (Å²) in [7, 11) is -2.17. The van der Waals surface area contributed by atoms with Gasteiger partial charge in [-0.15, -0.1) is 0 Å². The number of hydrogen-bond acceptors (Lipinski definition) is 1. The van der Waals surface area contributed by atoms with Crippen molar-refractivity contribution in [3.8, 4) is 0 Å². The van der Waals surface area contributed by atoms with E-state index in [1.807, 2.05) is 13.1 Å². The van der Waals surface area contributed by atoms with Crippen LogP contribution < -0.4 is 0 Å². The molecule has 1 saturated carbocycles. The number of hydrogen-bond donors (Lipinski definition) is 0. The summed E-state index contributed by atoms with van der Waals surface area (Å²) >= 11 is 0. The zero-order chi connectivity index (χ0) is 14.5. The summed E-state index contributed by atoms with van der Waals surface area (Å²) in [5.41, 5.74) is 0.932. The maximum atomic E-state index is 14.3. The van der Waals surface area contributed by atoms with Gasteiger partial charge in [-0.25, -0.2) is 0 Å². The van der Waals surface area contributed by atoms with Crippen molar-refractivity contribution in [1.29, 1.82) is 0 Å². The molecule has 4 heteroatoms. The molecular weight excluding hydrogens is 262 g/mol. The smallest absolute Gasteiger partial charge is 0.303 e. The van der Waals surface area contributed by atoms with Gasteiger partial charge in [-0.2, -0.15) is 8.78 Å². The summed E-state index contributed by atoms with van der Waals surface area (Å²) in [4.78, 5) is 0. The maximum Gasteiger partial charge on any atom is 0.303 e. The van der Waals surface area contributed by atoms with Crippen LogP contribution in [0, 0.1) is 5.92 Å². The molecule has 0 N–H and O–H groups in total. The zero-order valence-electron chi connectivity index (χ0n) is 12.8. The molecule has 1 fully saturated rings. The van der Waals surface area contributed by atoms with Gasteiger partial charge in [-0.3, -0.25) is 0 Å². The lowest BCUT2D eigenvalue weighted by Crippen LogP contribution is -2.42. The first-order valence-corrected chi connectivity index (χ1v) is 10.3. The summed E-state index contributed by atoms with van der Waals surface area (Å²) < 4.78 is 34.6. The molecule has 0 spiro atoms. The fraction of sp³-hybridized carbons (Fsp3) is 0.867. The lowest BCUT2D eigenvalue weighted by Gasteiger charge is -2.38. The molecule has 0 aromatic carbocycles. The highest BCUT2D eigenvalue weighted by molar-refractivity contribution is 6.74. The van der Waals surface area contributed by atoms with E-state index in [9.17, 15) is 8.78 Å². The molecule has 1 nitrogen and oxygen atoms in total. The van der Waals surface area contributed by atoms with Crippen LogP contribution in [0.15, 0.2) is 11.3 Å². The van der Waals surface area contributed by atoms with E-state index >= 15 is 0 Å². The van der Waals surface area contributed by atoms with E-state index in [4.69, 9.17) is 4.43 Å². The van der Waals surface area contributed by atoms with Crippen LogP contribution in [0.3, 0.4) is 0 Å². The average Bonchev–Trinajstić information content (AvgIpc) is 2.48. The predicted octanol–water partition coefficient (Wildman–Crippen LogP) is 5.49. The van der Waals surface area contributed by atoms with Crippen molar-refractivity contribution in [2.24, 2.45) is 5.92 Å². The van der Waals surface area contributed by atoms with Crippen molar-refractivity contribution in [2.45, 2.75) is 76.9 Å². The van der Waals surface area contributed by atoms with Gasteiger partial charge in [0.25, 0.3) is 0 Å². The molecular formula is C15H26F2OSi. The molecule has 1 unspecified atom stereocenters. The van der Waals surface area contributed by atoms with Crippen LogP contribution in [-0.4, -0.2) is 14.2 Å². The number of halogens is 2. The van der Waals surface area contributed by atoms with Gasteiger partial charge in [0.1, 0.15) is 5.76 Å². The van der Waals surface area contributed by atoms with Crippen molar-refractivity contribution in [1.82, 2.24) is 0 Å². The normalized spacial score (nSPS) is 27.4. The summed E-state index contributed by atoms with van der Waals surface area (Å²) in [6.07, 6.45) is 3.82. The topological polar surface area (TPSA) is 9.23 Å². The number of fused-ring (bicyclic) bond motifs is 1. The second-order valence-electron chi connectivity index (χ2n) is 7.57. The van der Waals surface area contributed by atoms with Crippen LogP contribution >= 0.6 is 0 Å². The second-order valence-corrected chi connectivity index (χ2v) is 12.3. The van der Waals surface area contributed by atoms with Gasteiger partial charge in [0, 0.05) is 6.42 Å². The van der Waals surface area contributed by atoms with Crippen LogP contribution in [0.2, 0.25) is 18.1 Å². The first kappa shape index (κ1) is 15.0. The Morgan fingerprint density at radius 1 is 1.21 bits per heavy atom. The van der Waals surface area contributed by atoms with E-state index in [0.29, 0.717) is 0 Å². The first-order chi connectivity index (χ1) is 8.55. The van der Waals surface area contributed by atoms with Gasteiger partial charge < -0.3 is 4.43 Å². The average molecular weight is 288 g/mol. The van der Waals surface area contributed by atoms with Crippen LogP contribution in [0.4, 0.5) is 8.78 Å². The second kappa shape index (κ2) is 4.57. The molecule has 110 valence electrons. The Kier molecular flexibility index (Phi) is 3.61. The van der Waals surface area contributed by atoms with Gasteiger partial charge >= 0.3 is 5.92 Å². The van der Waals surface area contributed by atoms with Crippen LogP contribution in [0.5, 0.6) is 0 Å². The molecule has 1 atom stereocenters. The third-order valence-electron chi connectivity index (χ3n) is 5.03. The van der Waals surface area contributed by atoms with Gasteiger partial charge in [0.15, 0.2) is 0 Å². The quantitative estimate of drug-likeness (QED) is 0.610. The van der Waals surface area contributed by atoms with E-state index in [2.05, 4.69) is 20.8 Å². The third kappa shape index (κ3) is 2.74. The Bertz CT molecular complexity index is 393. The first-order valence-electron chi connectivity index (χ1n) is 7.35. The summed E-state index contributed by atoms with van der Waals surface area (Å²) in [6, 6.07) is 0. The van der Waals surface area contributed by atoms with Crippen molar-refractivity contribution in [3.05, 3.63) is 11.3 Å². The predicted molar refractivity (Wildman–Crippen MR) is 76.8 cm³/mol. The number of alkyl halides is 2. The molecule has 0 aromatic heterocycles. The molecule has 2 rings (SSSR count). The molecule has 2 aliphatic rings. The molecule has 0 heterocycles. The molecule has 0 amide bonds. The summed E-state index contributed by atoms with van der Waals surface area (Å²) in [5.74, 6) is -2.60. The van der Waals surface area contributed by atoms with Gasteiger partial charge in [-0.1, -0.05) is 27.2 Å². The minimum atomic E-state index is -2.74. The van der Waals surface area contributed by atoms with E-state index in [0.717, 1.165) is 31.3 Å². The van der Waals surface area contributed by atoms with Crippen LogP contribution in [0.1, 0.15) is 52.9 Å². The summed E-state index contributed by atoms with van der Waals surface area (Å²) in [6.45, 7) is 10.4. The molecule has 2 aliphatic carbocycles. The molecule has 0 bridgehead atoms. The van der Waals surface area contributed by atoms with E-state index in [1.165, 1.54) is 0 Å². The molecule has 0 radical (unpaired) electrons. The fourth-order valence-corrected chi connectivity index (χ4v) is 3.89. The third-order valence-corrected chi connectivity index (χ3v) is 9.36. The number of allylic oxidation sites excluding steroid dienone is 2. The standard InChI is InChI=1S/C15H26F2OSi/c1-14(2,3)19(4,5)18-13-12-9-7-6-8-11(12)10-15(13,16)17/h11H,6-10H2,1-5H3. The van der Waals surface area contributed by atoms with Crippen molar-refractivity contribution < 1.29 is 13.2 Å². The van der Waals surface area contributed by atoms with E-state index in [-0.39, 0.29) is 23.1 Å². The Balaban J connectivity index is 2.31. The Labute approximate surface area is 116 Å². The highest BCUT2D eigenvalue weighted by atomic mass is 28.4. The Morgan fingerprint density at radius 3 is 2.42 bits per heavy atom. The molecule has 0 saturated heterocycles. The SMILES string of the molecule is CC(C)(C)[Si](C)(C)OC1=C2CCCCC2CC1(F)F. The Hall–Kier alpha value is -0.383. The highest BCUT2D eigenvalue weighted by Crippen LogP contribution is 2.52. The van der Waals surface area contributed by atoms with Crippen molar-refractivity contribution in [2.75, 3.05) is 0 Å². The van der Waals surface area contributed by atoms with E-state index < -0.39 is 14.2 Å². The molecule has 0 aromatic rings. The van der Waals surface area contributed by atoms with Crippen LogP contribution in [0.25, 0.3) is 0 Å². The van der Waals surface area contributed by atoms with Gasteiger partial charge in [0.2, 0.25) is 8.32 Å². The van der Waals surface area contributed by atoms with Crippen LogP contribution in [-0.2, 0) is 4.43 Å². The van der Waals surface area contributed by atoms with Crippen molar-refractivity contribution in [3.63, 3.8) is 0 Å². The minimum Gasteiger partial charge on any atom is -0.542 e. The zero-order valence-corrected chi connectivity index (χ0v) is 13.8. The summed E-state index contributed by atoms with van der Waals surface area (Å²) in [5, 5.41) is -0.0383. The van der Waals surface area contributed by atoms with Gasteiger partial charge in [-0.05, 0) is 48.9 Å². The lowest BCUT2D eigenvalue weighted by molar-refractivity contribution is -0.000158. The molecule has 19 heavy (non-hydrogen) atoms.